The van der Waals surface area contributed by atoms with E-state index in [1.165, 1.54) is 24.5 Å². The molecule has 0 unspecified atom stereocenters. The summed E-state index contributed by atoms with van der Waals surface area (Å²) in [6.45, 7) is 1.03. The Morgan fingerprint density at radius 2 is 2.17 bits per heavy atom. The standard InChI is InChI=1S/C17H19N3O4/c18-14-6-5-12(21)9-13(14)16(22)19-11-3-1-7-20(10-11)17(23)15-4-2-8-24-15/h2,4-6,8-9,11,21H,1,3,7,10,18H2,(H,19,22)/t11-/m1/s1. The first-order valence-corrected chi connectivity index (χ1v) is 7.76. The average Bonchev–Trinajstić information content (AvgIpc) is 3.11. The molecule has 1 aromatic heterocycles. The molecule has 7 nitrogen and oxygen atoms in total. The molecular formula is C17H19N3O4. The number of carbonyl (C=O) groups excluding carboxylic acids is 2. The number of benzene rings is 1. The number of hydrogen-bond donors (Lipinski definition) is 3. The van der Waals surface area contributed by atoms with Crippen LogP contribution in [0, 0.1) is 0 Å². The molecule has 0 aliphatic carbocycles. The summed E-state index contributed by atoms with van der Waals surface area (Å²) in [4.78, 5) is 26.4. The third kappa shape index (κ3) is 3.34. The van der Waals surface area contributed by atoms with Gasteiger partial charge in [0.15, 0.2) is 5.76 Å². The average molecular weight is 329 g/mol. The van der Waals surface area contributed by atoms with Crippen LogP contribution in [-0.2, 0) is 0 Å². The smallest absolute Gasteiger partial charge is 0.289 e. The second-order valence-electron chi connectivity index (χ2n) is 5.81. The number of nitrogens with zero attached hydrogens (tertiary/aromatic N) is 1. The molecule has 1 fully saturated rings. The lowest BCUT2D eigenvalue weighted by molar-refractivity contribution is 0.0647. The van der Waals surface area contributed by atoms with Crippen molar-refractivity contribution in [2.75, 3.05) is 18.8 Å². The fourth-order valence-electron chi connectivity index (χ4n) is 2.84. The first-order valence-electron chi connectivity index (χ1n) is 7.76. The number of rotatable bonds is 3. The highest BCUT2D eigenvalue weighted by atomic mass is 16.3. The minimum absolute atomic E-state index is 0.0207. The molecule has 1 aromatic carbocycles. The maximum atomic E-state index is 12.4. The van der Waals surface area contributed by atoms with E-state index in [1.54, 1.807) is 17.0 Å². The zero-order chi connectivity index (χ0) is 17.1. The normalized spacial score (nSPS) is 17.5. The van der Waals surface area contributed by atoms with Crippen LogP contribution in [0.4, 0.5) is 5.69 Å². The number of furan rings is 1. The van der Waals surface area contributed by atoms with Crippen molar-refractivity contribution in [1.82, 2.24) is 10.2 Å². The fourth-order valence-corrected chi connectivity index (χ4v) is 2.84. The largest absolute Gasteiger partial charge is 0.508 e. The third-order valence-electron chi connectivity index (χ3n) is 4.06. The van der Waals surface area contributed by atoms with Crippen LogP contribution in [0.3, 0.4) is 0 Å². The number of anilines is 1. The van der Waals surface area contributed by atoms with E-state index in [0.29, 0.717) is 24.5 Å². The van der Waals surface area contributed by atoms with Gasteiger partial charge in [-0.2, -0.15) is 0 Å². The van der Waals surface area contributed by atoms with Gasteiger partial charge in [-0.3, -0.25) is 9.59 Å². The lowest BCUT2D eigenvalue weighted by Crippen LogP contribution is -2.49. The second kappa shape index (κ2) is 6.66. The van der Waals surface area contributed by atoms with Gasteiger partial charge in [0.05, 0.1) is 11.8 Å². The highest BCUT2D eigenvalue weighted by Crippen LogP contribution is 2.20. The molecule has 2 aromatic rings. The molecule has 24 heavy (non-hydrogen) atoms. The number of nitrogen functional groups attached to an aromatic ring is 1. The zero-order valence-corrected chi connectivity index (χ0v) is 13.1. The van der Waals surface area contributed by atoms with Gasteiger partial charge in [-0.05, 0) is 43.2 Å². The van der Waals surface area contributed by atoms with E-state index in [-0.39, 0.29) is 29.2 Å². The van der Waals surface area contributed by atoms with Gasteiger partial charge in [0.2, 0.25) is 0 Å². The van der Waals surface area contributed by atoms with E-state index < -0.39 is 0 Å². The molecule has 1 aliphatic rings. The summed E-state index contributed by atoms with van der Waals surface area (Å²) < 4.78 is 5.14. The Balaban J connectivity index is 1.66. The molecule has 1 saturated heterocycles. The van der Waals surface area contributed by atoms with Crippen LogP contribution in [0.15, 0.2) is 41.0 Å². The minimum atomic E-state index is -0.360. The molecule has 2 heterocycles. The topological polar surface area (TPSA) is 109 Å². The van der Waals surface area contributed by atoms with Crippen LogP contribution in [-0.4, -0.2) is 41.0 Å². The highest BCUT2D eigenvalue weighted by Gasteiger charge is 2.27. The number of nitrogens with one attached hydrogen (secondary N) is 1. The van der Waals surface area contributed by atoms with E-state index >= 15 is 0 Å². The Kier molecular flexibility index (Phi) is 4.41. The quantitative estimate of drug-likeness (QED) is 0.585. The van der Waals surface area contributed by atoms with Gasteiger partial charge < -0.3 is 25.5 Å². The molecule has 0 bridgehead atoms. The molecular weight excluding hydrogens is 310 g/mol. The predicted octanol–water partition coefficient (Wildman–Crippen LogP) is 1.60. The van der Waals surface area contributed by atoms with Crippen molar-refractivity contribution in [3.8, 4) is 5.75 Å². The van der Waals surface area contributed by atoms with Gasteiger partial charge in [-0.25, -0.2) is 0 Å². The Bertz CT molecular complexity index is 742. The van der Waals surface area contributed by atoms with Crippen molar-refractivity contribution in [2.45, 2.75) is 18.9 Å². The zero-order valence-electron chi connectivity index (χ0n) is 13.1. The van der Waals surface area contributed by atoms with Crippen LogP contribution >= 0.6 is 0 Å². The number of carbonyl (C=O) groups is 2. The molecule has 0 radical (unpaired) electrons. The number of nitrogens with two attached hydrogens (primary N) is 1. The number of phenols is 1. The van der Waals surface area contributed by atoms with Crippen LogP contribution < -0.4 is 11.1 Å². The van der Waals surface area contributed by atoms with Gasteiger partial charge in [-0.15, -0.1) is 0 Å². The van der Waals surface area contributed by atoms with Crippen molar-refractivity contribution >= 4 is 17.5 Å². The second-order valence-corrected chi connectivity index (χ2v) is 5.81. The highest BCUT2D eigenvalue weighted by molar-refractivity contribution is 5.99. The van der Waals surface area contributed by atoms with Crippen molar-refractivity contribution < 1.29 is 19.1 Å². The first kappa shape index (κ1) is 15.9. The van der Waals surface area contributed by atoms with Gasteiger partial charge in [-0.1, -0.05) is 0 Å². The van der Waals surface area contributed by atoms with Crippen molar-refractivity contribution in [3.05, 3.63) is 47.9 Å². The fraction of sp³-hybridized carbons (Fsp3) is 0.294. The maximum Gasteiger partial charge on any atom is 0.289 e. The molecule has 126 valence electrons. The monoisotopic (exact) mass is 329 g/mol. The molecule has 0 saturated carbocycles. The summed E-state index contributed by atoms with van der Waals surface area (Å²) in [5.74, 6) is -0.275. The van der Waals surface area contributed by atoms with Crippen LogP contribution in [0.25, 0.3) is 0 Å². The summed E-state index contributed by atoms with van der Waals surface area (Å²) in [6, 6.07) is 7.36. The third-order valence-corrected chi connectivity index (χ3v) is 4.06. The van der Waals surface area contributed by atoms with Crippen LogP contribution in [0.1, 0.15) is 33.8 Å². The number of aromatic hydroxyl groups is 1. The summed E-state index contributed by atoms with van der Waals surface area (Å²) in [5, 5.41) is 12.4. The number of piperidine rings is 1. The maximum absolute atomic E-state index is 12.4. The van der Waals surface area contributed by atoms with Crippen molar-refractivity contribution in [2.24, 2.45) is 0 Å². The SMILES string of the molecule is Nc1ccc(O)cc1C(=O)N[C@@H]1CCCN(C(=O)c2ccco2)C1. The van der Waals surface area contributed by atoms with Crippen LogP contribution in [0.2, 0.25) is 0 Å². The van der Waals surface area contributed by atoms with Gasteiger partial charge in [0, 0.05) is 24.8 Å². The summed E-state index contributed by atoms with van der Waals surface area (Å²) in [6.07, 6.45) is 3.01. The minimum Gasteiger partial charge on any atom is -0.508 e. The molecule has 0 spiro atoms. The Labute approximate surface area is 139 Å². The van der Waals surface area contributed by atoms with Gasteiger partial charge in [0.1, 0.15) is 5.75 Å². The van der Waals surface area contributed by atoms with Crippen molar-refractivity contribution in [1.29, 1.82) is 0 Å². The van der Waals surface area contributed by atoms with Crippen molar-refractivity contribution in [3.63, 3.8) is 0 Å². The molecule has 1 atom stereocenters. The summed E-state index contributed by atoms with van der Waals surface area (Å²) in [5.41, 5.74) is 6.31. The lowest BCUT2D eigenvalue weighted by atomic mass is 10.0. The molecule has 1 aliphatic heterocycles. The Morgan fingerprint density at radius 3 is 2.92 bits per heavy atom. The number of likely N-dealkylation sites (tertiary alicyclic amines) is 1. The number of amides is 2. The lowest BCUT2D eigenvalue weighted by Gasteiger charge is -2.32. The molecule has 7 heteroatoms. The molecule has 3 rings (SSSR count). The molecule has 4 N–H and O–H groups in total. The van der Waals surface area contributed by atoms with E-state index in [1.807, 2.05) is 0 Å². The van der Waals surface area contributed by atoms with E-state index in [0.717, 1.165) is 12.8 Å². The van der Waals surface area contributed by atoms with Gasteiger partial charge >= 0.3 is 0 Å². The van der Waals surface area contributed by atoms with E-state index in [4.69, 9.17) is 10.2 Å². The van der Waals surface area contributed by atoms with Crippen LogP contribution in [0.5, 0.6) is 5.75 Å². The summed E-state index contributed by atoms with van der Waals surface area (Å²) in [7, 11) is 0. The predicted molar refractivity (Wildman–Crippen MR) is 87.6 cm³/mol. The van der Waals surface area contributed by atoms with E-state index in [2.05, 4.69) is 5.32 Å². The Hall–Kier alpha value is -2.96. The summed E-state index contributed by atoms with van der Waals surface area (Å²) >= 11 is 0. The number of phenolic OH excluding ortho intramolecular Hbond substituents is 1. The number of hydrogen-bond acceptors (Lipinski definition) is 5. The molecule has 2 amide bonds. The Morgan fingerprint density at radius 1 is 1.33 bits per heavy atom. The first-order chi connectivity index (χ1) is 11.5. The van der Waals surface area contributed by atoms with Gasteiger partial charge in [0.25, 0.3) is 11.8 Å². The van der Waals surface area contributed by atoms with E-state index in [9.17, 15) is 14.7 Å².